The van der Waals surface area contributed by atoms with E-state index in [0.717, 1.165) is 0 Å². The molecule has 0 saturated heterocycles. The molecule has 0 fully saturated rings. The van der Waals surface area contributed by atoms with E-state index in [1.165, 1.54) is 10.9 Å². The van der Waals surface area contributed by atoms with E-state index in [1.807, 2.05) is 26.0 Å². The highest BCUT2D eigenvalue weighted by Crippen LogP contribution is 2.29. The van der Waals surface area contributed by atoms with Crippen molar-refractivity contribution < 1.29 is 14.1 Å². The molecule has 2 amide bonds. The van der Waals surface area contributed by atoms with Crippen molar-refractivity contribution in [2.45, 2.75) is 26.3 Å². The molecule has 0 aliphatic heterocycles. The van der Waals surface area contributed by atoms with E-state index in [4.69, 9.17) is 27.6 Å². The Bertz CT molecular complexity index is 1360. The van der Waals surface area contributed by atoms with Crippen molar-refractivity contribution in [1.29, 1.82) is 0 Å². The predicted molar refractivity (Wildman–Crippen MR) is 128 cm³/mol. The molecule has 3 aromatic heterocycles. The Kier molecular flexibility index (Phi) is 6.33. The Morgan fingerprint density at radius 2 is 1.97 bits per heavy atom. The summed E-state index contributed by atoms with van der Waals surface area (Å²) in [6.45, 7) is 3.79. The van der Waals surface area contributed by atoms with Gasteiger partial charge in [0.25, 0.3) is 5.91 Å². The maximum Gasteiger partial charge on any atom is 0.254 e. The van der Waals surface area contributed by atoms with Crippen LogP contribution in [0.3, 0.4) is 0 Å². The van der Waals surface area contributed by atoms with Gasteiger partial charge in [-0.25, -0.2) is 4.68 Å². The van der Waals surface area contributed by atoms with Crippen LogP contribution in [0.4, 0.5) is 11.7 Å². The van der Waals surface area contributed by atoms with Gasteiger partial charge in [-0.05, 0) is 32.0 Å². The number of rotatable bonds is 7. The predicted octanol–water partition coefficient (Wildman–Crippen LogP) is 3.70. The molecule has 5 N–H and O–H groups in total. The molecule has 1 aromatic carbocycles. The van der Waals surface area contributed by atoms with E-state index < -0.39 is 5.91 Å². The normalized spacial score (nSPS) is 11.1. The molecule has 10 nitrogen and oxygen atoms in total. The number of hydrogen-bond acceptors (Lipinski definition) is 7. The first-order valence-corrected chi connectivity index (χ1v) is 10.8. The van der Waals surface area contributed by atoms with Crippen LogP contribution in [-0.2, 0) is 11.2 Å². The summed E-state index contributed by atoms with van der Waals surface area (Å²) in [5.74, 6) is -0.624. The number of hydrogen-bond donors (Lipinski definition) is 3. The van der Waals surface area contributed by atoms with Crippen molar-refractivity contribution in [3.63, 3.8) is 0 Å². The van der Waals surface area contributed by atoms with Gasteiger partial charge in [0.1, 0.15) is 22.8 Å². The molecule has 4 aromatic rings. The van der Waals surface area contributed by atoms with E-state index in [1.54, 1.807) is 30.3 Å². The highest BCUT2D eigenvalue weighted by atomic mass is 35.5. The van der Waals surface area contributed by atoms with E-state index in [-0.39, 0.29) is 35.6 Å². The Morgan fingerprint density at radius 3 is 2.62 bits per heavy atom. The van der Waals surface area contributed by atoms with Crippen molar-refractivity contribution in [1.82, 2.24) is 19.9 Å². The lowest BCUT2D eigenvalue weighted by molar-refractivity contribution is -0.115. The van der Waals surface area contributed by atoms with Crippen LogP contribution in [0, 0.1) is 0 Å². The number of amides is 2. The lowest BCUT2D eigenvalue weighted by Gasteiger charge is -2.06. The lowest BCUT2D eigenvalue weighted by Crippen LogP contribution is -2.15. The highest BCUT2D eigenvalue weighted by molar-refractivity contribution is 6.33. The number of pyridine rings is 1. The second-order valence-corrected chi connectivity index (χ2v) is 8.24. The number of nitrogen functional groups attached to an aromatic ring is 1. The fourth-order valence-electron chi connectivity index (χ4n) is 3.43. The zero-order chi connectivity index (χ0) is 24.4. The second kappa shape index (κ2) is 9.36. The number of nitrogens with one attached hydrogen (secondary N) is 1. The third kappa shape index (κ3) is 4.62. The minimum Gasteiger partial charge on any atom is -0.383 e. The molecule has 0 aliphatic carbocycles. The minimum absolute atomic E-state index is 0.00629. The molecular formula is C23H22ClN7O3. The number of anilines is 2. The number of primary amides is 1. The van der Waals surface area contributed by atoms with Gasteiger partial charge in [0.2, 0.25) is 11.8 Å². The molecule has 0 spiro atoms. The molecule has 0 bridgehead atoms. The van der Waals surface area contributed by atoms with Gasteiger partial charge < -0.3 is 16.0 Å². The van der Waals surface area contributed by atoms with Gasteiger partial charge in [0.05, 0.1) is 11.4 Å². The summed E-state index contributed by atoms with van der Waals surface area (Å²) in [6, 6.07) is 12.1. The number of aromatic nitrogens is 4. The fourth-order valence-corrected chi connectivity index (χ4v) is 3.66. The first-order chi connectivity index (χ1) is 16.2. The van der Waals surface area contributed by atoms with Crippen LogP contribution in [0.2, 0.25) is 5.02 Å². The van der Waals surface area contributed by atoms with Gasteiger partial charge in [-0.3, -0.25) is 19.9 Å². The van der Waals surface area contributed by atoms with Gasteiger partial charge in [0, 0.05) is 35.1 Å². The Balaban J connectivity index is 1.47. The van der Waals surface area contributed by atoms with E-state index in [2.05, 4.69) is 20.6 Å². The van der Waals surface area contributed by atoms with Crippen LogP contribution in [0.15, 0.2) is 53.2 Å². The quantitative estimate of drug-likeness (QED) is 0.365. The average Bonchev–Trinajstić information content (AvgIpc) is 3.39. The van der Waals surface area contributed by atoms with Crippen LogP contribution in [0.5, 0.6) is 0 Å². The Morgan fingerprint density at radius 1 is 1.21 bits per heavy atom. The zero-order valence-corrected chi connectivity index (χ0v) is 19.2. The van der Waals surface area contributed by atoms with Crippen molar-refractivity contribution in [3.05, 3.63) is 64.9 Å². The molecule has 3 heterocycles. The Hall–Kier alpha value is -4.18. The molecule has 4 rings (SSSR count). The first kappa shape index (κ1) is 23.0. The number of nitrogens with two attached hydrogens (primary N) is 2. The molecule has 0 radical (unpaired) electrons. The van der Waals surface area contributed by atoms with Crippen LogP contribution >= 0.6 is 11.6 Å². The standard InChI is InChI=1S/C23H22ClN7O3/c1-12(2)31-22(25)20(23(26)33)21(29-31)13-7-8-14(27-11-13)9-18(32)28-19-10-17(30-34-19)15-5-3-4-6-16(15)24/h3-8,10-12H,9,25H2,1-2H3,(H2,26,33)(H,28,32). The maximum absolute atomic E-state index is 12.5. The van der Waals surface area contributed by atoms with Crippen LogP contribution in [0.1, 0.15) is 35.9 Å². The largest absolute Gasteiger partial charge is 0.383 e. The summed E-state index contributed by atoms with van der Waals surface area (Å²) in [5.41, 5.74) is 14.3. The number of carbonyl (C=O) groups is 2. The molecule has 34 heavy (non-hydrogen) atoms. The zero-order valence-electron chi connectivity index (χ0n) is 18.4. The molecular weight excluding hydrogens is 458 g/mol. The third-order valence-corrected chi connectivity index (χ3v) is 5.38. The summed E-state index contributed by atoms with van der Waals surface area (Å²) >= 11 is 6.17. The third-order valence-electron chi connectivity index (χ3n) is 5.05. The van der Waals surface area contributed by atoms with Crippen LogP contribution in [0.25, 0.3) is 22.5 Å². The molecule has 0 saturated carbocycles. The lowest BCUT2D eigenvalue weighted by atomic mass is 10.1. The summed E-state index contributed by atoms with van der Waals surface area (Å²) in [4.78, 5) is 28.7. The maximum atomic E-state index is 12.5. The second-order valence-electron chi connectivity index (χ2n) is 7.83. The number of halogens is 1. The molecule has 0 aliphatic rings. The van der Waals surface area contributed by atoms with Gasteiger partial charge in [-0.1, -0.05) is 35.0 Å². The van der Waals surface area contributed by atoms with Gasteiger partial charge in [-0.15, -0.1) is 0 Å². The highest BCUT2D eigenvalue weighted by Gasteiger charge is 2.23. The van der Waals surface area contributed by atoms with Crippen molar-refractivity contribution in [2.24, 2.45) is 5.73 Å². The molecule has 0 atom stereocenters. The van der Waals surface area contributed by atoms with Crippen molar-refractivity contribution >= 4 is 35.1 Å². The van der Waals surface area contributed by atoms with E-state index in [0.29, 0.717) is 33.2 Å². The average molecular weight is 480 g/mol. The number of benzene rings is 1. The van der Waals surface area contributed by atoms with Crippen molar-refractivity contribution in [2.75, 3.05) is 11.1 Å². The fraction of sp³-hybridized carbons (Fsp3) is 0.174. The van der Waals surface area contributed by atoms with Gasteiger partial charge in [-0.2, -0.15) is 5.10 Å². The number of nitrogens with zero attached hydrogens (tertiary/aromatic N) is 4. The van der Waals surface area contributed by atoms with Crippen LogP contribution < -0.4 is 16.8 Å². The first-order valence-electron chi connectivity index (χ1n) is 10.4. The summed E-state index contributed by atoms with van der Waals surface area (Å²) in [7, 11) is 0. The minimum atomic E-state index is -0.675. The number of carbonyl (C=O) groups excluding carboxylic acids is 2. The molecule has 174 valence electrons. The molecule has 0 unspecified atom stereocenters. The SMILES string of the molecule is CC(C)n1nc(-c2ccc(CC(=O)Nc3cc(-c4ccccc4Cl)no3)nc2)c(C(N)=O)c1N. The topological polar surface area (TPSA) is 155 Å². The van der Waals surface area contributed by atoms with Crippen LogP contribution in [-0.4, -0.2) is 31.7 Å². The summed E-state index contributed by atoms with van der Waals surface area (Å²) < 4.78 is 6.73. The van der Waals surface area contributed by atoms with Gasteiger partial charge in [0.15, 0.2) is 0 Å². The van der Waals surface area contributed by atoms with E-state index >= 15 is 0 Å². The monoisotopic (exact) mass is 479 g/mol. The summed E-state index contributed by atoms with van der Waals surface area (Å²) in [5, 5.41) is 11.5. The van der Waals surface area contributed by atoms with Crippen molar-refractivity contribution in [3.8, 4) is 22.5 Å². The molecule has 11 heteroatoms. The smallest absolute Gasteiger partial charge is 0.254 e. The Labute approximate surface area is 199 Å². The van der Waals surface area contributed by atoms with E-state index in [9.17, 15) is 9.59 Å². The van der Waals surface area contributed by atoms with Gasteiger partial charge >= 0.3 is 0 Å². The summed E-state index contributed by atoms with van der Waals surface area (Å²) in [6.07, 6.45) is 1.51.